The van der Waals surface area contributed by atoms with E-state index in [-0.39, 0.29) is 5.91 Å². The average molecular weight is 329 g/mol. The molecule has 2 aromatic heterocycles. The van der Waals surface area contributed by atoms with E-state index in [2.05, 4.69) is 23.3 Å². The third-order valence-corrected chi connectivity index (χ3v) is 5.10. The summed E-state index contributed by atoms with van der Waals surface area (Å²) >= 11 is 0. The highest BCUT2D eigenvalue weighted by Crippen LogP contribution is 2.22. The summed E-state index contributed by atoms with van der Waals surface area (Å²) in [5.41, 5.74) is 4.57. The van der Waals surface area contributed by atoms with Crippen molar-refractivity contribution in [3.63, 3.8) is 0 Å². The molecule has 0 aliphatic carbocycles. The van der Waals surface area contributed by atoms with E-state index in [1.807, 2.05) is 41.4 Å². The topological polar surface area (TPSA) is 56.0 Å². The molecule has 1 aliphatic heterocycles. The van der Waals surface area contributed by atoms with Crippen LogP contribution in [-0.4, -0.2) is 43.5 Å². The van der Waals surface area contributed by atoms with E-state index in [9.17, 15) is 4.79 Å². The van der Waals surface area contributed by atoms with Crippen LogP contribution in [0.2, 0.25) is 0 Å². The monoisotopic (exact) mass is 329 g/mol. The molecular formula is C18H27N5O. The van der Waals surface area contributed by atoms with Gasteiger partial charge in [-0.1, -0.05) is 0 Å². The second-order valence-corrected chi connectivity index (χ2v) is 6.91. The Kier molecular flexibility index (Phi) is 4.73. The number of aromatic nitrogens is 4. The summed E-state index contributed by atoms with van der Waals surface area (Å²) < 4.78 is 3.91. The van der Waals surface area contributed by atoms with Crippen molar-refractivity contribution in [3.05, 3.63) is 34.9 Å². The molecular weight excluding hydrogens is 302 g/mol. The molecule has 1 fully saturated rings. The van der Waals surface area contributed by atoms with Gasteiger partial charge in [0, 0.05) is 38.4 Å². The van der Waals surface area contributed by atoms with Crippen LogP contribution in [0.25, 0.3) is 0 Å². The van der Waals surface area contributed by atoms with Gasteiger partial charge in [0.25, 0.3) is 0 Å². The normalized spacial score (nSPS) is 18.2. The van der Waals surface area contributed by atoms with Gasteiger partial charge in [-0.25, -0.2) is 0 Å². The zero-order valence-corrected chi connectivity index (χ0v) is 15.1. The molecule has 1 atom stereocenters. The van der Waals surface area contributed by atoms with E-state index in [1.54, 1.807) is 0 Å². The predicted molar refractivity (Wildman–Crippen MR) is 92.8 cm³/mol. The summed E-state index contributed by atoms with van der Waals surface area (Å²) in [7, 11) is 1.95. The van der Waals surface area contributed by atoms with Gasteiger partial charge >= 0.3 is 0 Å². The minimum absolute atomic E-state index is 0.242. The van der Waals surface area contributed by atoms with Gasteiger partial charge in [-0.15, -0.1) is 0 Å². The maximum atomic E-state index is 12.7. The fourth-order valence-electron chi connectivity index (χ4n) is 3.60. The first-order valence-electron chi connectivity index (χ1n) is 8.73. The molecule has 3 rings (SSSR count). The summed E-state index contributed by atoms with van der Waals surface area (Å²) in [6, 6.07) is 0.304. The van der Waals surface area contributed by atoms with Crippen LogP contribution >= 0.6 is 0 Å². The molecule has 0 N–H and O–H groups in total. The minimum Gasteiger partial charge on any atom is -0.341 e. The Hall–Kier alpha value is -2.11. The molecule has 24 heavy (non-hydrogen) atoms. The lowest BCUT2D eigenvalue weighted by atomic mass is 10.0. The van der Waals surface area contributed by atoms with Crippen LogP contribution in [0.15, 0.2) is 12.4 Å². The summed E-state index contributed by atoms with van der Waals surface area (Å²) in [5, 5.41) is 8.86. The zero-order chi connectivity index (χ0) is 17.3. The van der Waals surface area contributed by atoms with Gasteiger partial charge in [0.05, 0.1) is 17.9 Å². The van der Waals surface area contributed by atoms with Crippen molar-refractivity contribution in [3.8, 4) is 0 Å². The SMILES string of the molecule is Cc1cnn([C@@H]2CCCN(C(=O)CCc3c(C)nn(C)c3C)C2)c1. The van der Waals surface area contributed by atoms with Crippen molar-refractivity contribution in [1.82, 2.24) is 24.5 Å². The Morgan fingerprint density at radius 1 is 1.33 bits per heavy atom. The molecule has 1 saturated heterocycles. The van der Waals surface area contributed by atoms with Crippen LogP contribution in [0.1, 0.15) is 47.8 Å². The number of carbonyl (C=O) groups excluding carboxylic acids is 1. The van der Waals surface area contributed by atoms with E-state index in [0.717, 1.165) is 43.7 Å². The van der Waals surface area contributed by atoms with Crippen molar-refractivity contribution in [2.24, 2.45) is 7.05 Å². The Morgan fingerprint density at radius 3 is 2.75 bits per heavy atom. The lowest BCUT2D eigenvalue weighted by Crippen LogP contribution is -2.41. The van der Waals surface area contributed by atoms with Gasteiger partial charge < -0.3 is 4.90 Å². The number of rotatable bonds is 4. The van der Waals surface area contributed by atoms with Gasteiger partial charge in [0.2, 0.25) is 5.91 Å². The van der Waals surface area contributed by atoms with Gasteiger partial charge in [-0.05, 0) is 51.2 Å². The molecule has 6 heteroatoms. The highest BCUT2D eigenvalue weighted by Gasteiger charge is 2.25. The van der Waals surface area contributed by atoms with Gasteiger partial charge in [-0.3, -0.25) is 14.2 Å². The molecule has 0 radical (unpaired) electrons. The summed E-state index contributed by atoms with van der Waals surface area (Å²) in [6.45, 7) is 7.76. The largest absolute Gasteiger partial charge is 0.341 e. The Morgan fingerprint density at radius 2 is 2.12 bits per heavy atom. The van der Waals surface area contributed by atoms with Crippen molar-refractivity contribution >= 4 is 5.91 Å². The fraction of sp³-hybridized carbons (Fsp3) is 0.611. The maximum Gasteiger partial charge on any atom is 0.222 e. The van der Waals surface area contributed by atoms with E-state index < -0.39 is 0 Å². The number of nitrogens with zero attached hydrogens (tertiary/aromatic N) is 5. The maximum absolute atomic E-state index is 12.7. The number of aryl methyl sites for hydroxylation is 3. The summed E-state index contributed by atoms with van der Waals surface area (Å²) in [6.07, 6.45) is 7.41. The number of likely N-dealkylation sites (tertiary alicyclic amines) is 1. The predicted octanol–water partition coefficient (Wildman–Crippen LogP) is 2.34. The fourth-order valence-corrected chi connectivity index (χ4v) is 3.60. The van der Waals surface area contributed by atoms with Crippen LogP contribution in [0.5, 0.6) is 0 Å². The summed E-state index contributed by atoms with van der Waals surface area (Å²) in [4.78, 5) is 14.7. The molecule has 0 saturated carbocycles. The number of piperidine rings is 1. The second kappa shape index (κ2) is 6.79. The second-order valence-electron chi connectivity index (χ2n) is 6.91. The third kappa shape index (κ3) is 3.37. The molecule has 6 nitrogen and oxygen atoms in total. The summed E-state index contributed by atoms with van der Waals surface area (Å²) in [5.74, 6) is 0.242. The lowest BCUT2D eigenvalue weighted by molar-refractivity contribution is -0.132. The molecule has 0 aromatic carbocycles. The lowest BCUT2D eigenvalue weighted by Gasteiger charge is -2.33. The highest BCUT2D eigenvalue weighted by molar-refractivity contribution is 5.76. The van der Waals surface area contributed by atoms with Crippen molar-refractivity contribution in [1.29, 1.82) is 0 Å². The number of amides is 1. The van der Waals surface area contributed by atoms with E-state index >= 15 is 0 Å². The van der Waals surface area contributed by atoms with Crippen molar-refractivity contribution in [2.45, 2.75) is 52.5 Å². The quantitative estimate of drug-likeness (QED) is 0.865. The number of hydrogen-bond acceptors (Lipinski definition) is 3. The van der Waals surface area contributed by atoms with Crippen LogP contribution in [0, 0.1) is 20.8 Å². The zero-order valence-electron chi connectivity index (χ0n) is 15.1. The van der Waals surface area contributed by atoms with Crippen molar-refractivity contribution in [2.75, 3.05) is 13.1 Å². The molecule has 0 spiro atoms. The standard InChI is InChI=1S/C18H27N5O/c1-13-10-19-23(11-13)16-6-5-9-22(12-16)18(24)8-7-17-14(2)20-21(4)15(17)3/h10-11,16H,5-9,12H2,1-4H3/t16-/m1/s1. The van der Waals surface area contributed by atoms with Gasteiger partial charge in [0.1, 0.15) is 0 Å². The van der Waals surface area contributed by atoms with Crippen LogP contribution in [-0.2, 0) is 18.3 Å². The first-order valence-corrected chi connectivity index (χ1v) is 8.73. The Labute approximate surface area is 143 Å². The molecule has 3 heterocycles. The highest BCUT2D eigenvalue weighted by atomic mass is 16.2. The first-order chi connectivity index (χ1) is 11.5. The number of hydrogen-bond donors (Lipinski definition) is 0. The van der Waals surface area contributed by atoms with E-state index in [4.69, 9.17) is 0 Å². The Bertz CT molecular complexity index is 730. The first kappa shape index (κ1) is 16.7. The van der Waals surface area contributed by atoms with Crippen LogP contribution in [0.4, 0.5) is 0 Å². The average Bonchev–Trinajstić information content (AvgIpc) is 3.10. The van der Waals surface area contributed by atoms with E-state index in [1.165, 1.54) is 11.1 Å². The molecule has 0 unspecified atom stereocenters. The third-order valence-electron chi connectivity index (χ3n) is 5.10. The molecule has 0 bridgehead atoms. The van der Waals surface area contributed by atoms with E-state index in [0.29, 0.717) is 12.5 Å². The smallest absolute Gasteiger partial charge is 0.222 e. The van der Waals surface area contributed by atoms with Crippen LogP contribution in [0.3, 0.4) is 0 Å². The minimum atomic E-state index is 0.242. The molecule has 2 aromatic rings. The molecule has 1 aliphatic rings. The van der Waals surface area contributed by atoms with Crippen molar-refractivity contribution < 1.29 is 4.79 Å². The van der Waals surface area contributed by atoms with Crippen LogP contribution < -0.4 is 0 Å². The number of carbonyl (C=O) groups is 1. The van der Waals surface area contributed by atoms with Gasteiger partial charge in [-0.2, -0.15) is 10.2 Å². The molecule has 130 valence electrons. The van der Waals surface area contributed by atoms with Gasteiger partial charge in [0.15, 0.2) is 0 Å². The molecule has 1 amide bonds. The Balaban J connectivity index is 1.60.